The van der Waals surface area contributed by atoms with Gasteiger partial charge in [-0.25, -0.2) is 4.98 Å². The highest BCUT2D eigenvalue weighted by Gasteiger charge is 1.93. The Balaban J connectivity index is 0.00000121. The number of rotatable bonds is 3. The Bertz CT molecular complexity index is 223. The van der Waals surface area contributed by atoms with E-state index < -0.39 is 0 Å². The van der Waals surface area contributed by atoms with Gasteiger partial charge >= 0.3 is 0 Å². The Morgan fingerprint density at radius 2 is 2.50 bits per heavy atom. The molecular weight excluding hydrogens is 269 g/mol. The minimum atomic E-state index is 0. The number of hydrogen-bond acceptors (Lipinski definition) is 2. The summed E-state index contributed by atoms with van der Waals surface area (Å²) < 4.78 is 0. The maximum atomic E-state index is 10.4. The number of halogens is 1. The molecule has 68 valence electrons. The lowest BCUT2D eigenvalue weighted by atomic mass is 10.3. The van der Waals surface area contributed by atoms with Crippen molar-refractivity contribution >= 4 is 29.9 Å². The van der Waals surface area contributed by atoms with Crippen LogP contribution in [0.4, 0.5) is 0 Å². The largest absolute Gasteiger partial charge is 0.356 e. The molecular formula is C7H12IN3O. The van der Waals surface area contributed by atoms with E-state index in [1.165, 1.54) is 6.92 Å². The van der Waals surface area contributed by atoms with Crippen LogP contribution < -0.4 is 5.32 Å². The molecule has 1 aromatic heterocycles. The second-order valence-corrected chi connectivity index (χ2v) is 2.31. The van der Waals surface area contributed by atoms with Crippen molar-refractivity contribution in [2.24, 2.45) is 0 Å². The van der Waals surface area contributed by atoms with Crippen LogP contribution in [-0.2, 0) is 11.2 Å². The van der Waals surface area contributed by atoms with Crippen molar-refractivity contribution in [3.63, 3.8) is 0 Å². The number of H-pyrrole nitrogens is 1. The second-order valence-electron chi connectivity index (χ2n) is 2.31. The summed E-state index contributed by atoms with van der Waals surface area (Å²) in [5.41, 5.74) is 1.04. The second kappa shape index (κ2) is 5.99. The Morgan fingerprint density at radius 3 is 3.00 bits per heavy atom. The monoisotopic (exact) mass is 281 g/mol. The van der Waals surface area contributed by atoms with E-state index in [1.54, 1.807) is 12.5 Å². The molecule has 1 heterocycles. The van der Waals surface area contributed by atoms with Crippen LogP contribution in [0.25, 0.3) is 0 Å². The molecule has 1 amide bonds. The topological polar surface area (TPSA) is 57.8 Å². The van der Waals surface area contributed by atoms with E-state index in [0.29, 0.717) is 6.54 Å². The van der Waals surface area contributed by atoms with Gasteiger partial charge in [-0.3, -0.25) is 4.79 Å². The van der Waals surface area contributed by atoms with Gasteiger partial charge in [-0.05, 0) is 0 Å². The summed E-state index contributed by atoms with van der Waals surface area (Å²) in [6, 6.07) is 0. The van der Waals surface area contributed by atoms with Crippen molar-refractivity contribution in [1.82, 2.24) is 15.3 Å². The molecule has 0 aliphatic carbocycles. The fourth-order valence-corrected chi connectivity index (χ4v) is 0.795. The summed E-state index contributed by atoms with van der Waals surface area (Å²) in [4.78, 5) is 17.2. The number of nitrogens with zero attached hydrogens (tertiary/aromatic N) is 1. The van der Waals surface area contributed by atoms with Crippen LogP contribution in [0.2, 0.25) is 0 Å². The van der Waals surface area contributed by atoms with Crippen LogP contribution in [0.1, 0.15) is 12.6 Å². The van der Waals surface area contributed by atoms with Gasteiger partial charge in [0.25, 0.3) is 0 Å². The minimum Gasteiger partial charge on any atom is -0.356 e. The number of aromatic nitrogens is 2. The first-order valence-corrected chi connectivity index (χ1v) is 3.50. The lowest BCUT2D eigenvalue weighted by Crippen LogP contribution is -2.22. The SMILES string of the molecule is CC(=O)NCCc1cnc[nH]1.I. The van der Waals surface area contributed by atoms with Crippen molar-refractivity contribution in [2.45, 2.75) is 13.3 Å². The fraction of sp³-hybridized carbons (Fsp3) is 0.429. The molecule has 2 N–H and O–H groups in total. The lowest BCUT2D eigenvalue weighted by Gasteiger charge is -1.98. The number of imidazole rings is 1. The van der Waals surface area contributed by atoms with Gasteiger partial charge in [0.15, 0.2) is 0 Å². The van der Waals surface area contributed by atoms with Gasteiger partial charge in [-0.2, -0.15) is 0 Å². The number of aromatic amines is 1. The molecule has 4 nitrogen and oxygen atoms in total. The van der Waals surface area contributed by atoms with E-state index in [1.807, 2.05) is 0 Å². The smallest absolute Gasteiger partial charge is 0.216 e. The first-order valence-electron chi connectivity index (χ1n) is 3.50. The summed E-state index contributed by atoms with van der Waals surface area (Å²) in [6.45, 7) is 2.17. The van der Waals surface area contributed by atoms with Gasteiger partial charge in [0.2, 0.25) is 5.91 Å². The first kappa shape index (κ1) is 11.4. The summed E-state index contributed by atoms with van der Waals surface area (Å²) in [7, 11) is 0. The summed E-state index contributed by atoms with van der Waals surface area (Å²) in [5.74, 6) is 0.00418. The van der Waals surface area contributed by atoms with E-state index >= 15 is 0 Å². The molecule has 0 aromatic carbocycles. The van der Waals surface area contributed by atoms with E-state index in [0.717, 1.165) is 12.1 Å². The molecule has 0 radical (unpaired) electrons. The molecule has 0 saturated carbocycles. The molecule has 0 spiro atoms. The predicted octanol–water partition coefficient (Wildman–Crippen LogP) is 0.706. The number of carbonyl (C=O) groups is 1. The highest BCUT2D eigenvalue weighted by atomic mass is 127. The summed E-state index contributed by atoms with van der Waals surface area (Å²) in [5, 5.41) is 2.70. The van der Waals surface area contributed by atoms with Gasteiger partial charge in [0.1, 0.15) is 0 Å². The van der Waals surface area contributed by atoms with Crippen molar-refractivity contribution in [3.05, 3.63) is 18.2 Å². The van der Waals surface area contributed by atoms with E-state index in [4.69, 9.17) is 0 Å². The first-order chi connectivity index (χ1) is 5.29. The third kappa shape index (κ3) is 4.32. The molecule has 0 fully saturated rings. The fourth-order valence-electron chi connectivity index (χ4n) is 0.795. The van der Waals surface area contributed by atoms with Crippen LogP contribution in [0.3, 0.4) is 0 Å². The van der Waals surface area contributed by atoms with Gasteiger partial charge < -0.3 is 10.3 Å². The zero-order valence-corrected chi connectivity index (χ0v) is 9.16. The molecule has 1 rings (SSSR count). The van der Waals surface area contributed by atoms with Gasteiger partial charge in [0.05, 0.1) is 6.33 Å². The Morgan fingerprint density at radius 1 is 1.75 bits per heavy atom. The van der Waals surface area contributed by atoms with Crippen LogP contribution in [0, 0.1) is 0 Å². The molecule has 12 heavy (non-hydrogen) atoms. The average molecular weight is 281 g/mol. The van der Waals surface area contributed by atoms with Crippen LogP contribution in [-0.4, -0.2) is 22.4 Å². The maximum Gasteiger partial charge on any atom is 0.216 e. The zero-order valence-electron chi connectivity index (χ0n) is 6.83. The van der Waals surface area contributed by atoms with Crippen LogP contribution >= 0.6 is 24.0 Å². The minimum absolute atomic E-state index is 0. The quantitative estimate of drug-likeness (QED) is 0.801. The molecule has 0 atom stereocenters. The number of carbonyl (C=O) groups excluding carboxylic acids is 1. The van der Waals surface area contributed by atoms with E-state index in [-0.39, 0.29) is 29.9 Å². The van der Waals surface area contributed by atoms with Gasteiger partial charge in [0, 0.05) is 31.8 Å². The van der Waals surface area contributed by atoms with Gasteiger partial charge in [-0.15, -0.1) is 24.0 Å². The molecule has 1 aromatic rings. The lowest BCUT2D eigenvalue weighted by molar-refractivity contribution is -0.118. The number of hydrogen-bond donors (Lipinski definition) is 2. The average Bonchev–Trinajstić information content (AvgIpc) is 2.39. The molecule has 0 bridgehead atoms. The predicted molar refractivity (Wildman–Crippen MR) is 56.4 cm³/mol. The van der Waals surface area contributed by atoms with Gasteiger partial charge in [-0.1, -0.05) is 0 Å². The third-order valence-electron chi connectivity index (χ3n) is 1.32. The third-order valence-corrected chi connectivity index (χ3v) is 1.32. The van der Waals surface area contributed by atoms with Crippen molar-refractivity contribution in [3.8, 4) is 0 Å². The Kier molecular flexibility index (Phi) is 5.69. The molecule has 0 aliphatic heterocycles. The zero-order chi connectivity index (χ0) is 8.10. The van der Waals surface area contributed by atoms with Crippen LogP contribution in [0.5, 0.6) is 0 Å². The van der Waals surface area contributed by atoms with E-state index in [2.05, 4.69) is 15.3 Å². The summed E-state index contributed by atoms with van der Waals surface area (Å²) in [6.07, 6.45) is 4.19. The number of amides is 1. The Hall–Kier alpha value is -0.590. The normalized spacial score (nSPS) is 8.75. The summed E-state index contributed by atoms with van der Waals surface area (Å²) >= 11 is 0. The van der Waals surface area contributed by atoms with Crippen molar-refractivity contribution < 1.29 is 4.79 Å². The van der Waals surface area contributed by atoms with Crippen molar-refractivity contribution in [1.29, 1.82) is 0 Å². The molecule has 0 saturated heterocycles. The highest BCUT2D eigenvalue weighted by Crippen LogP contribution is 1.89. The van der Waals surface area contributed by atoms with Crippen molar-refractivity contribution in [2.75, 3.05) is 6.54 Å². The maximum absolute atomic E-state index is 10.4. The molecule has 0 aliphatic rings. The molecule has 0 unspecified atom stereocenters. The molecule has 5 heteroatoms. The van der Waals surface area contributed by atoms with Crippen LogP contribution in [0.15, 0.2) is 12.5 Å². The highest BCUT2D eigenvalue weighted by molar-refractivity contribution is 14.0. The number of nitrogens with one attached hydrogen (secondary N) is 2. The standard InChI is InChI=1S/C7H11N3O.HI/c1-6(11)9-3-2-7-4-8-5-10-7;/h4-5H,2-3H2,1H3,(H,8,10)(H,9,11);1H. The van der Waals surface area contributed by atoms with E-state index in [9.17, 15) is 4.79 Å². The Labute approximate surface area is 88.2 Å².